The number of aromatic nitrogens is 1. The van der Waals surface area contributed by atoms with Gasteiger partial charge in [0.2, 0.25) is 0 Å². The third-order valence-corrected chi connectivity index (χ3v) is 9.58. The van der Waals surface area contributed by atoms with Crippen molar-refractivity contribution < 1.29 is 0 Å². The summed E-state index contributed by atoms with van der Waals surface area (Å²) in [6.45, 7) is 0. The standard InChI is InChI=1S/C45H29N3/c46-29-31-7-6-8-33(16-13-31)36-25-37(34-17-14-32(30-47)15-18-34)27-38(26-36)35-19-20-42-41-11-4-5-12-43(41)45(44(42)28-35,39-9-2-1-3-10-39)40-21-23-48-24-22-40/h1-7,9-28H,8H2. The number of rotatable bonds is 5. The van der Waals surface area contributed by atoms with Crippen LogP contribution in [-0.4, -0.2) is 4.98 Å². The van der Waals surface area contributed by atoms with Gasteiger partial charge in [-0.1, -0.05) is 91.0 Å². The molecule has 1 aromatic heterocycles. The molecule has 0 saturated heterocycles. The highest BCUT2D eigenvalue weighted by atomic mass is 14.6. The van der Waals surface area contributed by atoms with Gasteiger partial charge in [-0.2, -0.15) is 10.5 Å². The summed E-state index contributed by atoms with van der Waals surface area (Å²) in [5.41, 5.74) is 14.7. The van der Waals surface area contributed by atoms with E-state index in [1.165, 1.54) is 33.4 Å². The van der Waals surface area contributed by atoms with Crippen molar-refractivity contribution in [2.24, 2.45) is 0 Å². The maximum atomic E-state index is 9.52. The monoisotopic (exact) mass is 611 g/mol. The second kappa shape index (κ2) is 12.0. The summed E-state index contributed by atoms with van der Waals surface area (Å²) in [6, 6.07) is 49.7. The van der Waals surface area contributed by atoms with E-state index in [1.54, 1.807) is 0 Å². The normalized spacial score (nSPS) is 16.0. The number of allylic oxidation sites excluding steroid dienone is 6. The van der Waals surface area contributed by atoms with Gasteiger partial charge >= 0.3 is 0 Å². The average Bonchev–Trinajstić information content (AvgIpc) is 3.26. The summed E-state index contributed by atoms with van der Waals surface area (Å²) in [4.78, 5) is 4.39. The van der Waals surface area contributed by atoms with Gasteiger partial charge in [-0.25, -0.2) is 0 Å². The molecule has 3 nitrogen and oxygen atoms in total. The summed E-state index contributed by atoms with van der Waals surface area (Å²) >= 11 is 0. The Kier molecular flexibility index (Phi) is 7.22. The van der Waals surface area contributed by atoms with Crippen molar-refractivity contribution in [1.29, 1.82) is 10.5 Å². The van der Waals surface area contributed by atoms with Crippen LogP contribution >= 0.6 is 0 Å². The fraction of sp³-hybridized carbons (Fsp3) is 0.0444. The molecule has 8 rings (SSSR count). The van der Waals surface area contributed by atoms with E-state index in [-0.39, 0.29) is 0 Å². The summed E-state index contributed by atoms with van der Waals surface area (Å²) in [6.07, 6.45) is 12.4. The molecule has 5 aromatic carbocycles. The van der Waals surface area contributed by atoms with E-state index >= 15 is 0 Å². The van der Waals surface area contributed by atoms with Gasteiger partial charge in [0.25, 0.3) is 0 Å². The molecule has 1 unspecified atom stereocenters. The Morgan fingerprint density at radius 3 is 1.98 bits per heavy atom. The van der Waals surface area contributed by atoms with Crippen molar-refractivity contribution in [2.75, 3.05) is 0 Å². The number of nitrogens with zero attached hydrogens (tertiary/aromatic N) is 3. The molecule has 3 heteroatoms. The third kappa shape index (κ3) is 4.78. The van der Waals surface area contributed by atoms with Crippen LogP contribution < -0.4 is 0 Å². The van der Waals surface area contributed by atoms with Crippen LogP contribution in [0, 0.1) is 22.7 Å². The quantitative estimate of drug-likeness (QED) is 0.195. The zero-order chi connectivity index (χ0) is 32.5. The zero-order valence-electron chi connectivity index (χ0n) is 26.1. The first-order chi connectivity index (χ1) is 23.7. The predicted octanol–water partition coefficient (Wildman–Crippen LogP) is 10.4. The van der Waals surface area contributed by atoms with Crippen LogP contribution in [0.1, 0.15) is 39.8 Å². The maximum absolute atomic E-state index is 9.52. The second-order valence-corrected chi connectivity index (χ2v) is 12.2. The fourth-order valence-corrected chi connectivity index (χ4v) is 7.34. The van der Waals surface area contributed by atoms with Crippen LogP contribution in [0.2, 0.25) is 0 Å². The zero-order valence-corrected chi connectivity index (χ0v) is 26.1. The first-order valence-corrected chi connectivity index (χ1v) is 16.0. The fourth-order valence-electron chi connectivity index (χ4n) is 7.34. The molecular formula is C45H29N3. The minimum Gasteiger partial charge on any atom is -0.265 e. The van der Waals surface area contributed by atoms with Crippen molar-refractivity contribution in [2.45, 2.75) is 11.8 Å². The lowest BCUT2D eigenvalue weighted by molar-refractivity contribution is 0.766. The van der Waals surface area contributed by atoms with Gasteiger partial charge in [0, 0.05) is 12.4 Å². The Bertz CT molecular complexity index is 2330. The lowest BCUT2D eigenvalue weighted by atomic mass is 9.67. The Hall–Kier alpha value is -6.55. The molecule has 0 spiro atoms. The van der Waals surface area contributed by atoms with Gasteiger partial charge in [0.1, 0.15) is 0 Å². The first kappa shape index (κ1) is 28.9. The summed E-state index contributed by atoms with van der Waals surface area (Å²) in [7, 11) is 0. The van der Waals surface area contributed by atoms with Crippen LogP contribution in [0.4, 0.5) is 0 Å². The molecule has 0 radical (unpaired) electrons. The SMILES string of the molecule is N#CC1=CC=C(c2cc(-c3ccc(C#N)cc3)cc(-c3ccc4c(c3)C(c3ccccc3)(c3ccncc3)c3ccccc3-4)c2)CC=C1. The van der Waals surface area contributed by atoms with Crippen LogP contribution in [0.15, 0.2) is 170 Å². The molecule has 0 N–H and O–H groups in total. The van der Waals surface area contributed by atoms with Crippen LogP contribution in [-0.2, 0) is 5.41 Å². The number of fused-ring (bicyclic) bond motifs is 3. The molecule has 48 heavy (non-hydrogen) atoms. The molecule has 0 aliphatic heterocycles. The van der Waals surface area contributed by atoms with Crippen molar-refractivity contribution in [1.82, 2.24) is 4.98 Å². The molecule has 1 heterocycles. The highest BCUT2D eigenvalue weighted by molar-refractivity contribution is 5.89. The molecule has 2 aliphatic carbocycles. The van der Waals surface area contributed by atoms with Gasteiger partial charge in [0.05, 0.1) is 28.7 Å². The van der Waals surface area contributed by atoms with Crippen LogP contribution in [0.5, 0.6) is 0 Å². The first-order valence-electron chi connectivity index (χ1n) is 16.0. The predicted molar refractivity (Wildman–Crippen MR) is 193 cm³/mol. The number of nitriles is 2. The molecule has 1 atom stereocenters. The van der Waals surface area contributed by atoms with E-state index in [9.17, 15) is 10.5 Å². The Balaban J connectivity index is 1.37. The summed E-state index contributed by atoms with van der Waals surface area (Å²) in [5.74, 6) is 0. The molecule has 0 fully saturated rings. The summed E-state index contributed by atoms with van der Waals surface area (Å²) < 4.78 is 0. The largest absolute Gasteiger partial charge is 0.265 e. The lowest BCUT2D eigenvalue weighted by Gasteiger charge is -2.34. The second-order valence-electron chi connectivity index (χ2n) is 12.2. The molecule has 2 aliphatic rings. The van der Waals surface area contributed by atoms with Gasteiger partial charge < -0.3 is 0 Å². The minimum absolute atomic E-state index is 0.521. The molecule has 0 bridgehead atoms. The third-order valence-electron chi connectivity index (χ3n) is 9.58. The Morgan fingerprint density at radius 1 is 0.542 bits per heavy atom. The minimum atomic E-state index is -0.521. The Morgan fingerprint density at radius 2 is 1.21 bits per heavy atom. The van der Waals surface area contributed by atoms with Crippen LogP contribution in [0.3, 0.4) is 0 Å². The van der Waals surface area contributed by atoms with Gasteiger partial charge in [-0.15, -0.1) is 0 Å². The molecular weight excluding hydrogens is 583 g/mol. The smallest absolute Gasteiger partial charge is 0.0991 e. The van der Waals surface area contributed by atoms with Crippen molar-refractivity contribution in [3.8, 4) is 45.5 Å². The Labute approximate surface area is 280 Å². The number of benzene rings is 5. The van der Waals surface area contributed by atoms with Crippen molar-refractivity contribution in [3.63, 3.8) is 0 Å². The topological polar surface area (TPSA) is 60.5 Å². The number of pyridine rings is 1. The van der Waals surface area contributed by atoms with E-state index in [4.69, 9.17) is 0 Å². The van der Waals surface area contributed by atoms with E-state index in [0.717, 1.165) is 39.8 Å². The van der Waals surface area contributed by atoms with Crippen molar-refractivity contribution in [3.05, 3.63) is 203 Å². The van der Waals surface area contributed by atoms with Crippen molar-refractivity contribution >= 4 is 5.57 Å². The van der Waals surface area contributed by atoms with Crippen LogP contribution in [0.25, 0.3) is 39.0 Å². The summed E-state index contributed by atoms with van der Waals surface area (Å²) in [5, 5.41) is 19.0. The molecule has 224 valence electrons. The highest BCUT2D eigenvalue weighted by Crippen LogP contribution is 2.56. The van der Waals surface area contributed by atoms with Gasteiger partial charge in [-0.05, 0) is 134 Å². The lowest BCUT2D eigenvalue weighted by Crippen LogP contribution is -2.28. The van der Waals surface area contributed by atoms with E-state index in [1.807, 2.05) is 48.8 Å². The maximum Gasteiger partial charge on any atom is 0.0991 e. The molecule has 0 saturated carbocycles. The van der Waals surface area contributed by atoms with Gasteiger partial charge in [0.15, 0.2) is 0 Å². The average molecular weight is 612 g/mol. The number of hydrogen-bond acceptors (Lipinski definition) is 3. The van der Waals surface area contributed by atoms with E-state index < -0.39 is 5.41 Å². The van der Waals surface area contributed by atoms with E-state index in [2.05, 4.69) is 132 Å². The molecule has 0 amide bonds. The molecule has 6 aromatic rings. The highest BCUT2D eigenvalue weighted by Gasteiger charge is 2.46. The van der Waals surface area contributed by atoms with E-state index in [0.29, 0.717) is 11.1 Å². The number of hydrogen-bond donors (Lipinski definition) is 0. The van der Waals surface area contributed by atoms with Gasteiger partial charge in [-0.3, -0.25) is 4.98 Å².